The van der Waals surface area contributed by atoms with Gasteiger partial charge in [-0.2, -0.15) is 4.98 Å². The first-order chi connectivity index (χ1) is 10.9. The van der Waals surface area contributed by atoms with Crippen LogP contribution in [0.15, 0.2) is 10.9 Å². The van der Waals surface area contributed by atoms with Crippen molar-refractivity contribution >= 4 is 11.8 Å². The molecule has 2 aliphatic rings. The molecule has 2 fully saturated rings. The number of aromatic nitrogens is 2. The minimum Gasteiger partial charge on any atom is -0.391 e. The van der Waals surface area contributed by atoms with Crippen LogP contribution in [-0.2, 0) is 9.59 Å². The molecule has 1 N–H and O–H groups in total. The van der Waals surface area contributed by atoms with Crippen molar-refractivity contribution in [3.63, 3.8) is 0 Å². The van der Waals surface area contributed by atoms with Gasteiger partial charge in [0.15, 0.2) is 6.33 Å². The first kappa shape index (κ1) is 15.9. The predicted molar refractivity (Wildman–Crippen MR) is 78.9 cm³/mol. The smallest absolute Gasteiger partial charge is 0.251 e. The summed E-state index contributed by atoms with van der Waals surface area (Å²) in [5.41, 5.74) is -0.755. The third kappa shape index (κ3) is 2.32. The fraction of sp³-hybridized carbons (Fsp3) is 0.733. The molecule has 0 saturated carbocycles. The first-order valence-corrected chi connectivity index (χ1v) is 7.95. The lowest BCUT2D eigenvalue weighted by Crippen LogP contribution is -2.74. The molecule has 0 aliphatic carbocycles. The molecule has 126 valence electrons. The molecule has 1 aromatic heterocycles. The average Bonchev–Trinajstić information content (AvgIpc) is 3.16. The second-order valence-electron chi connectivity index (χ2n) is 6.68. The van der Waals surface area contributed by atoms with Crippen LogP contribution in [0.1, 0.15) is 45.5 Å². The summed E-state index contributed by atoms with van der Waals surface area (Å²) in [4.78, 5) is 32.5. The molecule has 0 aromatic carbocycles. The molecular formula is C15H22N4O4. The number of rotatable bonds is 4. The summed E-state index contributed by atoms with van der Waals surface area (Å²) in [5.74, 6) is -0.0757. The Kier molecular flexibility index (Phi) is 3.87. The summed E-state index contributed by atoms with van der Waals surface area (Å²) in [7, 11) is 0. The Bertz CT molecular complexity index is 601. The molecule has 1 spiro atoms. The van der Waals surface area contributed by atoms with E-state index in [0.29, 0.717) is 19.5 Å². The van der Waals surface area contributed by atoms with Gasteiger partial charge in [0.1, 0.15) is 11.6 Å². The van der Waals surface area contributed by atoms with Gasteiger partial charge < -0.3 is 19.4 Å². The Morgan fingerprint density at radius 2 is 2.17 bits per heavy atom. The topological polar surface area (TPSA) is 99.8 Å². The molecule has 2 aliphatic heterocycles. The molecule has 1 unspecified atom stereocenters. The molecule has 2 saturated heterocycles. The summed E-state index contributed by atoms with van der Waals surface area (Å²) >= 11 is 0. The maximum absolute atomic E-state index is 12.9. The number of nitrogens with zero attached hydrogens (tertiary/aromatic N) is 4. The SMILES string of the molecule is CC(C)C(=O)N1CCCC12CN([C@H](c1ncno1)[C@@H](C)O)C2=O. The van der Waals surface area contributed by atoms with Crippen molar-refractivity contribution in [2.75, 3.05) is 13.1 Å². The number of hydrogen-bond donors (Lipinski definition) is 1. The molecule has 8 heteroatoms. The monoisotopic (exact) mass is 322 g/mol. The minimum atomic E-state index is -0.840. The molecule has 0 radical (unpaired) electrons. The van der Waals surface area contributed by atoms with Crippen LogP contribution in [0.5, 0.6) is 0 Å². The van der Waals surface area contributed by atoms with Crippen molar-refractivity contribution in [3.8, 4) is 0 Å². The van der Waals surface area contributed by atoms with Crippen molar-refractivity contribution in [3.05, 3.63) is 12.2 Å². The highest BCUT2D eigenvalue weighted by Gasteiger charge is 2.62. The Hall–Kier alpha value is -1.96. The van der Waals surface area contributed by atoms with E-state index in [2.05, 4.69) is 10.1 Å². The van der Waals surface area contributed by atoms with E-state index in [-0.39, 0.29) is 23.6 Å². The summed E-state index contributed by atoms with van der Waals surface area (Å²) < 4.78 is 5.03. The van der Waals surface area contributed by atoms with Crippen LogP contribution in [0.3, 0.4) is 0 Å². The standard InChI is InChI=1S/C15H22N4O4/c1-9(2)13(21)19-6-4-5-15(19)7-18(14(15)22)11(10(3)20)12-16-8-17-23-12/h8-11,20H,4-7H2,1-3H3/t10-,11+,15?/m1/s1. The number of carbonyl (C=O) groups is 2. The zero-order chi connectivity index (χ0) is 16.8. The summed E-state index contributed by atoms with van der Waals surface area (Å²) in [5, 5.41) is 13.6. The van der Waals surface area contributed by atoms with Gasteiger partial charge in [0.25, 0.3) is 11.8 Å². The molecule has 8 nitrogen and oxygen atoms in total. The van der Waals surface area contributed by atoms with E-state index >= 15 is 0 Å². The predicted octanol–water partition coefficient (Wildman–Crippen LogP) is 0.351. The third-order valence-electron chi connectivity index (χ3n) is 4.76. The number of likely N-dealkylation sites (tertiary alicyclic amines) is 2. The zero-order valence-electron chi connectivity index (χ0n) is 13.6. The van der Waals surface area contributed by atoms with Crippen LogP contribution in [0.25, 0.3) is 0 Å². The Balaban J connectivity index is 1.83. The molecule has 23 heavy (non-hydrogen) atoms. The minimum absolute atomic E-state index is 0.00175. The lowest BCUT2D eigenvalue weighted by atomic mass is 9.83. The Morgan fingerprint density at radius 1 is 1.43 bits per heavy atom. The van der Waals surface area contributed by atoms with E-state index in [1.807, 2.05) is 13.8 Å². The number of aliphatic hydroxyl groups is 1. The van der Waals surface area contributed by atoms with Crippen LogP contribution in [-0.4, -0.2) is 61.6 Å². The van der Waals surface area contributed by atoms with E-state index in [1.54, 1.807) is 11.8 Å². The van der Waals surface area contributed by atoms with Gasteiger partial charge in [-0.05, 0) is 19.8 Å². The molecule has 3 atom stereocenters. The quantitative estimate of drug-likeness (QED) is 0.803. The van der Waals surface area contributed by atoms with E-state index < -0.39 is 17.7 Å². The second kappa shape index (κ2) is 5.59. The summed E-state index contributed by atoms with van der Waals surface area (Å²) in [6.45, 7) is 6.26. The van der Waals surface area contributed by atoms with E-state index in [1.165, 1.54) is 11.2 Å². The lowest BCUT2D eigenvalue weighted by molar-refractivity contribution is -0.176. The van der Waals surface area contributed by atoms with Crippen molar-refractivity contribution in [2.45, 2.75) is 51.3 Å². The van der Waals surface area contributed by atoms with Crippen LogP contribution in [0, 0.1) is 5.92 Å². The zero-order valence-corrected chi connectivity index (χ0v) is 13.6. The third-order valence-corrected chi connectivity index (χ3v) is 4.76. The summed E-state index contributed by atoms with van der Waals surface area (Å²) in [6.07, 6.45) is 1.89. The maximum Gasteiger partial charge on any atom is 0.251 e. The van der Waals surface area contributed by atoms with Crippen molar-refractivity contribution in [1.82, 2.24) is 19.9 Å². The fourth-order valence-electron chi connectivity index (χ4n) is 3.63. The van der Waals surface area contributed by atoms with Crippen LogP contribution in [0.4, 0.5) is 0 Å². The van der Waals surface area contributed by atoms with Gasteiger partial charge in [0.2, 0.25) is 5.91 Å². The van der Waals surface area contributed by atoms with E-state index in [9.17, 15) is 14.7 Å². The van der Waals surface area contributed by atoms with Crippen molar-refractivity contribution in [1.29, 1.82) is 0 Å². The van der Waals surface area contributed by atoms with Gasteiger partial charge in [-0.3, -0.25) is 9.59 Å². The molecule has 0 bridgehead atoms. The maximum atomic E-state index is 12.9. The van der Waals surface area contributed by atoms with Gasteiger partial charge in [-0.15, -0.1) is 0 Å². The van der Waals surface area contributed by atoms with Gasteiger partial charge in [-0.1, -0.05) is 19.0 Å². The van der Waals surface area contributed by atoms with Crippen molar-refractivity contribution in [2.24, 2.45) is 5.92 Å². The molecule has 1 aromatic rings. The fourth-order valence-corrected chi connectivity index (χ4v) is 3.63. The molecule has 3 rings (SSSR count). The van der Waals surface area contributed by atoms with Crippen LogP contribution < -0.4 is 0 Å². The van der Waals surface area contributed by atoms with Crippen LogP contribution in [0.2, 0.25) is 0 Å². The number of hydrogen-bond acceptors (Lipinski definition) is 6. The normalized spacial score (nSPS) is 26.7. The highest BCUT2D eigenvalue weighted by atomic mass is 16.5. The largest absolute Gasteiger partial charge is 0.391 e. The van der Waals surface area contributed by atoms with Gasteiger partial charge >= 0.3 is 0 Å². The average molecular weight is 322 g/mol. The van der Waals surface area contributed by atoms with E-state index in [0.717, 1.165) is 6.42 Å². The van der Waals surface area contributed by atoms with Gasteiger partial charge in [0, 0.05) is 12.5 Å². The number of β-lactam (4-membered cyclic amide) rings is 1. The Labute approximate surface area is 134 Å². The second-order valence-corrected chi connectivity index (χ2v) is 6.68. The number of aliphatic hydroxyl groups excluding tert-OH is 1. The van der Waals surface area contributed by atoms with Gasteiger partial charge in [-0.25, -0.2) is 0 Å². The highest BCUT2D eigenvalue weighted by Crippen LogP contribution is 2.43. The lowest BCUT2D eigenvalue weighted by Gasteiger charge is -2.53. The van der Waals surface area contributed by atoms with Crippen molar-refractivity contribution < 1.29 is 19.2 Å². The Morgan fingerprint density at radius 3 is 2.70 bits per heavy atom. The van der Waals surface area contributed by atoms with Crippen LogP contribution >= 0.6 is 0 Å². The first-order valence-electron chi connectivity index (χ1n) is 7.95. The summed E-state index contributed by atoms with van der Waals surface area (Å²) in [6, 6.07) is -0.674. The molecular weight excluding hydrogens is 300 g/mol. The van der Waals surface area contributed by atoms with E-state index in [4.69, 9.17) is 4.52 Å². The molecule has 2 amide bonds. The molecule has 3 heterocycles. The highest BCUT2D eigenvalue weighted by molar-refractivity contribution is 5.97. The number of amides is 2. The van der Waals surface area contributed by atoms with Gasteiger partial charge in [0.05, 0.1) is 12.6 Å². The number of carbonyl (C=O) groups excluding carboxylic acids is 2.